The van der Waals surface area contributed by atoms with Gasteiger partial charge in [-0.25, -0.2) is 0 Å². The highest BCUT2D eigenvalue weighted by atomic mass is 35.5. The van der Waals surface area contributed by atoms with Crippen molar-refractivity contribution >= 4 is 41.6 Å². The number of fused-ring (bicyclic) bond motifs is 1. The fraction of sp³-hybridized carbons (Fsp3) is 0.174. The molecule has 0 saturated heterocycles. The summed E-state index contributed by atoms with van der Waals surface area (Å²) in [6.07, 6.45) is 1.41. The van der Waals surface area contributed by atoms with Gasteiger partial charge in [-0.1, -0.05) is 59.6 Å². The number of aliphatic carboxylic acids is 1. The first-order valence-corrected chi connectivity index (χ1v) is 10.0. The Morgan fingerprint density at radius 1 is 1.03 bits per heavy atom. The van der Waals surface area contributed by atoms with Gasteiger partial charge in [-0.2, -0.15) is 0 Å². The molecule has 2 unspecified atom stereocenters. The van der Waals surface area contributed by atoms with Crippen molar-refractivity contribution in [1.82, 2.24) is 0 Å². The van der Waals surface area contributed by atoms with E-state index < -0.39 is 17.9 Å². The highest BCUT2D eigenvalue weighted by Gasteiger charge is 2.33. The Hall–Kier alpha value is -2.24. The molecular formula is C23H20Cl3NO3. The van der Waals surface area contributed by atoms with Crippen LogP contribution in [0.2, 0.25) is 10.0 Å². The van der Waals surface area contributed by atoms with Gasteiger partial charge in [0.25, 0.3) is 0 Å². The third-order valence-corrected chi connectivity index (χ3v) is 6.07. The van der Waals surface area contributed by atoms with Crippen molar-refractivity contribution in [3.8, 4) is 22.6 Å². The van der Waals surface area contributed by atoms with Crippen molar-refractivity contribution in [2.45, 2.75) is 24.8 Å². The summed E-state index contributed by atoms with van der Waals surface area (Å²) >= 11 is 12.6. The second-order valence-corrected chi connectivity index (χ2v) is 7.86. The molecule has 0 saturated carbocycles. The lowest BCUT2D eigenvalue weighted by Gasteiger charge is -2.28. The lowest BCUT2D eigenvalue weighted by Crippen LogP contribution is -2.37. The first-order valence-electron chi connectivity index (χ1n) is 9.28. The summed E-state index contributed by atoms with van der Waals surface area (Å²) in [4.78, 5) is 11.8. The average molecular weight is 465 g/mol. The Morgan fingerprint density at radius 2 is 1.77 bits per heavy atom. The van der Waals surface area contributed by atoms with Crippen molar-refractivity contribution in [3.05, 3.63) is 81.8 Å². The predicted octanol–water partition coefficient (Wildman–Crippen LogP) is 6.32. The molecule has 0 heterocycles. The number of para-hydroxylation sites is 1. The molecule has 156 valence electrons. The SMILES string of the molecule is Cl.NC1CCc2ccc(Oc3ccccc3-c3cccc(Cl)c3Cl)cc2C1C(=O)O. The second kappa shape index (κ2) is 9.27. The fourth-order valence-corrected chi connectivity index (χ4v) is 4.21. The maximum atomic E-state index is 11.8. The topological polar surface area (TPSA) is 72.5 Å². The van der Waals surface area contributed by atoms with Crippen LogP contribution in [-0.2, 0) is 11.2 Å². The van der Waals surface area contributed by atoms with E-state index in [1.165, 1.54) is 0 Å². The van der Waals surface area contributed by atoms with Gasteiger partial charge in [0, 0.05) is 17.2 Å². The molecule has 7 heteroatoms. The van der Waals surface area contributed by atoms with Crippen molar-refractivity contribution in [3.63, 3.8) is 0 Å². The van der Waals surface area contributed by atoms with Crippen LogP contribution in [0, 0.1) is 0 Å². The van der Waals surface area contributed by atoms with Crippen LogP contribution in [0.1, 0.15) is 23.5 Å². The van der Waals surface area contributed by atoms with E-state index >= 15 is 0 Å². The van der Waals surface area contributed by atoms with Gasteiger partial charge in [0.2, 0.25) is 0 Å². The van der Waals surface area contributed by atoms with Crippen LogP contribution in [0.5, 0.6) is 11.5 Å². The van der Waals surface area contributed by atoms with Gasteiger partial charge in [0.1, 0.15) is 11.5 Å². The lowest BCUT2D eigenvalue weighted by molar-refractivity contribution is -0.139. The highest BCUT2D eigenvalue weighted by molar-refractivity contribution is 6.43. The molecule has 0 radical (unpaired) electrons. The zero-order valence-corrected chi connectivity index (χ0v) is 18.2. The molecular weight excluding hydrogens is 445 g/mol. The Balaban J connectivity index is 0.00000256. The molecule has 0 spiro atoms. The normalized spacial score (nSPS) is 17.6. The first-order chi connectivity index (χ1) is 14.0. The minimum Gasteiger partial charge on any atom is -0.481 e. The third-order valence-electron chi connectivity index (χ3n) is 5.25. The number of aryl methyl sites for hydroxylation is 1. The molecule has 3 aromatic carbocycles. The quantitative estimate of drug-likeness (QED) is 0.474. The van der Waals surface area contributed by atoms with E-state index in [9.17, 15) is 9.90 Å². The molecule has 1 aliphatic carbocycles. The number of carboxylic acid groups (broad SMARTS) is 1. The monoisotopic (exact) mass is 463 g/mol. The van der Waals surface area contributed by atoms with Crippen LogP contribution in [0.25, 0.3) is 11.1 Å². The number of carbonyl (C=O) groups is 1. The zero-order chi connectivity index (χ0) is 20.5. The average Bonchev–Trinajstić information content (AvgIpc) is 2.70. The van der Waals surface area contributed by atoms with Crippen LogP contribution >= 0.6 is 35.6 Å². The summed E-state index contributed by atoms with van der Waals surface area (Å²) < 4.78 is 6.15. The Labute approximate surface area is 191 Å². The number of hydrogen-bond acceptors (Lipinski definition) is 3. The number of halogens is 3. The summed E-state index contributed by atoms with van der Waals surface area (Å²) in [5.41, 5.74) is 9.35. The molecule has 0 aliphatic heterocycles. The fourth-order valence-electron chi connectivity index (χ4n) is 3.81. The number of benzene rings is 3. The van der Waals surface area contributed by atoms with Crippen LogP contribution in [0.4, 0.5) is 0 Å². The van der Waals surface area contributed by atoms with E-state index in [-0.39, 0.29) is 12.4 Å². The molecule has 4 nitrogen and oxygen atoms in total. The highest BCUT2D eigenvalue weighted by Crippen LogP contribution is 2.41. The number of rotatable bonds is 4. The predicted molar refractivity (Wildman–Crippen MR) is 122 cm³/mol. The maximum absolute atomic E-state index is 11.8. The molecule has 0 bridgehead atoms. The van der Waals surface area contributed by atoms with Gasteiger partial charge in [-0.05, 0) is 48.2 Å². The molecule has 2 atom stereocenters. The van der Waals surface area contributed by atoms with Gasteiger partial charge >= 0.3 is 5.97 Å². The number of carboxylic acids is 1. The van der Waals surface area contributed by atoms with Crippen LogP contribution in [0.3, 0.4) is 0 Å². The molecule has 0 aromatic heterocycles. The van der Waals surface area contributed by atoms with E-state index in [1.807, 2.05) is 48.5 Å². The summed E-state index contributed by atoms with van der Waals surface area (Å²) in [5, 5.41) is 10.6. The number of nitrogens with two attached hydrogens (primary N) is 1. The number of hydrogen-bond donors (Lipinski definition) is 2. The molecule has 4 rings (SSSR count). The summed E-state index contributed by atoms with van der Waals surface area (Å²) in [7, 11) is 0. The first kappa shape index (κ1) is 22.4. The van der Waals surface area contributed by atoms with E-state index in [1.54, 1.807) is 12.1 Å². The minimum atomic E-state index is -0.915. The minimum absolute atomic E-state index is 0. The second-order valence-electron chi connectivity index (χ2n) is 7.08. The zero-order valence-electron chi connectivity index (χ0n) is 15.8. The summed E-state index contributed by atoms with van der Waals surface area (Å²) in [6, 6.07) is 18.1. The molecule has 30 heavy (non-hydrogen) atoms. The largest absolute Gasteiger partial charge is 0.481 e. The Bertz CT molecular complexity index is 1090. The van der Waals surface area contributed by atoms with E-state index in [0.29, 0.717) is 33.5 Å². The van der Waals surface area contributed by atoms with Crippen molar-refractivity contribution in [2.24, 2.45) is 5.73 Å². The van der Waals surface area contributed by atoms with E-state index in [2.05, 4.69) is 0 Å². The third kappa shape index (κ3) is 4.28. The van der Waals surface area contributed by atoms with Crippen molar-refractivity contribution in [2.75, 3.05) is 0 Å². The Morgan fingerprint density at radius 3 is 2.53 bits per heavy atom. The smallest absolute Gasteiger partial charge is 0.312 e. The Kier molecular flexibility index (Phi) is 6.94. The van der Waals surface area contributed by atoms with E-state index in [0.717, 1.165) is 23.1 Å². The lowest BCUT2D eigenvalue weighted by atomic mass is 9.79. The molecule has 0 amide bonds. The molecule has 3 N–H and O–H groups in total. The van der Waals surface area contributed by atoms with Gasteiger partial charge < -0.3 is 15.6 Å². The van der Waals surface area contributed by atoms with Crippen LogP contribution in [0.15, 0.2) is 60.7 Å². The standard InChI is InChI=1S/C23H19Cl2NO3.ClH/c24-18-6-3-5-16(22(18)25)15-4-1-2-7-20(15)29-14-10-8-13-9-11-19(26)21(23(27)28)17(13)12-14;/h1-8,10,12,19,21H,9,11,26H2,(H,27,28);1H. The summed E-state index contributed by atoms with van der Waals surface area (Å²) in [5.74, 6) is -0.500. The van der Waals surface area contributed by atoms with Crippen molar-refractivity contribution < 1.29 is 14.6 Å². The van der Waals surface area contributed by atoms with E-state index in [4.69, 9.17) is 33.7 Å². The van der Waals surface area contributed by atoms with Crippen LogP contribution < -0.4 is 10.5 Å². The van der Waals surface area contributed by atoms with Gasteiger partial charge in [0.15, 0.2) is 0 Å². The maximum Gasteiger partial charge on any atom is 0.312 e. The van der Waals surface area contributed by atoms with Crippen LogP contribution in [-0.4, -0.2) is 17.1 Å². The summed E-state index contributed by atoms with van der Waals surface area (Å²) in [6.45, 7) is 0. The van der Waals surface area contributed by atoms with Crippen molar-refractivity contribution in [1.29, 1.82) is 0 Å². The molecule has 0 fully saturated rings. The number of ether oxygens (including phenoxy) is 1. The van der Waals surface area contributed by atoms with Gasteiger partial charge in [-0.15, -0.1) is 12.4 Å². The molecule has 1 aliphatic rings. The molecule has 3 aromatic rings. The van der Waals surface area contributed by atoms with Gasteiger partial charge in [0.05, 0.1) is 16.0 Å². The van der Waals surface area contributed by atoms with Gasteiger partial charge in [-0.3, -0.25) is 4.79 Å².